The molecular weight excluding hydrogens is 226 g/mol. The minimum Gasteiger partial charge on any atom is -0.197 e. The molecule has 2 heteroatoms. The lowest BCUT2D eigenvalue weighted by Crippen LogP contribution is -2.39. The molecule has 0 bridgehead atoms. The van der Waals surface area contributed by atoms with Crippen LogP contribution >= 0.6 is 11.8 Å². The maximum atomic E-state index is 9.37. The van der Waals surface area contributed by atoms with E-state index in [9.17, 15) is 5.26 Å². The van der Waals surface area contributed by atoms with E-state index < -0.39 is 0 Å². The molecule has 90 valence electrons. The van der Waals surface area contributed by atoms with Gasteiger partial charge in [-0.1, -0.05) is 37.5 Å². The molecule has 17 heavy (non-hydrogen) atoms. The van der Waals surface area contributed by atoms with E-state index in [0.717, 1.165) is 18.8 Å². The summed E-state index contributed by atoms with van der Waals surface area (Å²) in [5.41, 5.74) is 1.28. The molecule has 0 heterocycles. The zero-order chi connectivity index (χ0) is 12.3. The summed E-state index contributed by atoms with van der Waals surface area (Å²) in [7, 11) is 0. The van der Waals surface area contributed by atoms with Crippen molar-refractivity contribution < 1.29 is 0 Å². The zero-order valence-corrected chi connectivity index (χ0v) is 11.4. The predicted molar refractivity (Wildman–Crippen MR) is 73.0 cm³/mol. The van der Waals surface area contributed by atoms with Crippen LogP contribution in [-0.4, -0.2) is 4.75 Å². The van der Waals surface area contributed by atoms with Crippen molar-refractivity contribution in [1.82, 2.24) is 0 Å². The second-order valence-corrected chi connectivity index (χ2v) is 6.54. The summed E-state index contributed by atoms with van der Waals surface area (Å²) in [6, 6.07) is 11.0. The number of nitriles is 1. The Hall–Kier alpha value is -0.940. The molecule has 0 saturated heterocycles. The lowest BCUT2D eigenvalue weighted by molar-refractivity contribution is 0.258. The summed E-state index contributed by atoms with van der Waals surface area (Å²) in [5.74, 6) is 0.776. The average molecular weight is 245 g/mol. The van der Waals surface area contributed by atoms with Crippen LogP contribution in [0.5, 0.6) is 0 Å². The van der Waals surface area contributed by atoms with Crippen molar-refractivity contribution >= 4 is 11.8 Å². The van der Waals surface area contributed by atoms with E-state index in [1.165, 1.54) is 23.3 Å². The summed E-state index contributed by atoms with van der Waals surface area (Å²) in [5, 5.41) is 9.37. The van der Waals surface area contributed by atoms with Gasteiger partial charge in [-0.05, 0) is 37.8 Å². The third-order valence-corrected chi connectivity index (χ3v) is 4.79. The van der Waals surface area contributed by atoms with Gasteiger partial charge in [0.2, 0.25) is 0 Å². The normalized spacial score (nSPS) is 27.2. The number of hydrogen-bond donors (Lipinski definition) is 0. The molecule has 2 rings (SSSR count). The molecule has 0 aliphatic heterocycles. The highest BCUT2D eigenvalue weighted by Crippen LogP contribution is 2.51. The molecule has 1 aromatic rings. The van der Waals surface area contributed by atoms with E-state index in [4.69, 9.17) is 0 Å². The fourth-order valence-corrected chi connectivity index (χ4v) is 3.92. The Labute approximate surface area is 108 Å². The van der Waals surface area contributed by atoms with E-state index in [1.807, 2.05) is 0 Å². The van der Waals surface area contributed by atoms with Gasteiger partial charge < -0.3 is 0 Å². The van der Waals surface area contributed by atoms with Gasteiger partial charge in [-0.15, -0.1) is 11.8 Å². The number of rotatable bonds is 4. The molecule has 1 aliphatic carbocycles. The summed E-state index contributed by atoms with van der Waals surface area (Å²) < 4.78 is -0.144. The third kappa shape index (κ3) is 2.84. The maximum absolute atomic E-state index is 9.37. The van der Waals surface area contributed by atoms with Crippen molar-refractivity contribution in [2.45, 2.75) is 49.2 Å². The van der Waals surface area contributed by atoms with Crippen molar-refractivity contribution in [2.24, 2.45) is 5.92 Å². The fourth-order valence-electron chi connectivity index (χ4n) is 2.51. The highest BCUT2D eigenvalue weighted by Gasteiger charge is 2.44. The van der Waals surface area contributed by atoms with Crippen molar-refractivity contribution in [1.29, 1.82) is 5.26 Å². The molecule has 0 atom stereocenters. The number of thioether (sulfide) groups is 1. The zero-order valence-electron chi connectivity index (χ0n) is 10.6. The lowest BCUT2D eigenvalue weighted by atomic mass is 9.73. The first kappa shape index (κ1) is 12.5. The molecule has 0 unspecified atom stereocenters. The van der Waals surface area contributed by atoms with Crippen LogP contribution in [-0.2, 0) is 0 Å². The first-order valence-corrected chi connectivity index (χ1v) is 7.16. The van der Waals surface area contributed by atoms with Gasteiger partial charge in [0, 0.05) is 4.90 Å². The number of hydrogen-bond acceptors (Lipinski definition) is 2. The van der Waals surface area contributed by atoms with Gasteiger partial charge in [0.1, 0.15) is 4.75 Å². The molecule has 1 fully saturated rings. The van der Waals surface area contributed by atoms with Crippen LogP contribution in [0.1, 0.15) is 38.2 Å². The van der Waals surface area contributed by atoms with Gasteiger partial charge in [-0.2, -0.15) is 5.26 Å². The summed E-state index contributed by atoms with van der Waals surface area (Å²) in [4.78, 5) is 1.23. The Bertz CT molecular complexity index is 410. The van der Waals surface area contributed by atoms with Gasteiger partial charge in [0.05, 0.1) is 6.07 Å². The maximum Gasteiger partial charge on any atom is 0.108 e. The molecular formula is C15H19NS. The topological polar surface area (TPSA) is 23.8 Å². The Morgan fingerprint density at radius 2 is 2.00 bits per heavy atom. The second kappa shape index (κ2) is 5.14. The largest absolute Gasteiger partial charge is 0.197 e. The van der Waals surface area contributed by atoms with Crippen LogP contribution in [0.15, 0.2) is 29.2 Å². The number of benzene rings is 1. The summed E-state index contributed by atoms with van der Waals surface area (Å²) in [6.07, 6.45) is 4.64. The Balaban J connectivity index is 1.98. The molecule has 0 spiro atoms. The monoisotopic (exact) mass is 245 g/mol. The van der Waals surface area contributed by atoms with Crippen LogP contribution in [0.25, 0.3) is 0 Å². The van der Waals surface area contributed by atoms with Crippen molar-refractivity contribution in [3.63, 3.8) is 0 Å². The van der Waals surface area contributed by atoms with E-state index in [0.29, 0.717) is 0 Å². The quantitative estimate of drug-likeness (QED) is 0.776. The molecule has 0 radical (unpaired) electrons. The fraction of sp³-hybridized carbons (Fsp3) is 0.533. The van der Waals surface area contributed by atoms with Gasteiger partial charge in [-0.25, -0.2) is 0 Å². The minimum absolute atomic E-state index is 0.144. The first-order valence-electron chi connectivity index (χ1n) is 6.34. The van der Waals surface area contributed by atoms with Crippen molar-refractivity contribution in [3.05, 3.63) is 29.8 Å². The van der Waals surface area contributed by atoms with Crippen LogP contribution < -0.4 is 0 Å². The van der Waals surface area contributed by atoms with Gasteiger partial charge >= 0.3 is 0 Å². The number of aryl methyl sites for hydroxylation is 1. The SMILES string of the molecule is CCCC1CC(C#N)(Sc2ccc(C)cc2)C1. The number of nitrogens with zero attached hydrogens (tertiary/aromatic N) is 1. The summed E-state index contributed by atoms with van der Waals surface area (Å²) in [6.45, 7) is 4.31. The summed E-state index contributed by atoms with van der Waals surface area (Å²) >= 11 is 1.76. The standard InChI is InChI=1S/C15H19NS/c1-3-4-13-9-15(10-13,11-16)17-14-7-5-12(2)6-8-14/h5-8,13H,3-4,9-10H2,1-2H3. The third-order valence-electron chi connectivity index (χ3n) is 3.47. The predicted octanol–water partition coefficient (Wildman–Crippen LogP) is 4.56. The van der Waals surface area contributed by atoms with Crippen molar-refractivity contribution in [3.8, 4) is 6.07 Å². The minimum atomic E-state index is -0.144. The molecule has 1 aliphatic rings. The molecule has 1 aromatic carbocycles. The molecule has 1 nitrogen and oxygen atoms in total. The van der Waals surface area contributed by atoms with Crippen molar-refractivity contribution in [2.75, 3.05) is 0 Å². The molecule has 1 saturated carbocycles. The van der Waals surface area contributed by atoms with Crippen LogP contribution in [0.3, 0.4) is 0 Å². The highest BCUT2D eigenvalue weighted by atomic mass is 32.2. The van der Waals surface area contributed by atoms with E-state index in [2.05, 4.69) is 44.2 Å². The van der Waals surface area contributed by atoms with E-state index in [1.54, 1.807) is 11.8 Å². The Morgan fingerprint density at radius 3 is 2.53 bits per heavy atom. The smallest absolute Gasteiger partial charge is 0.108 e. The second-order valence-electron chi connectivity index (χ2n) is 5.08. The van der Waals surface area contributed by atoms with E-state index >= 15 is 0 Å². The Kier molecular flexibility index (Phi) is 3.79. The molecule has 0 N–H and O–H groups in total. The van der Waals surface area contributed by atoms with Crippen LogP contribution in [0, 0.1) is 24.2 Å². The lowest BCUT2D eigenvalue weighted by Gasteiger charge is -2.42. The Morgan fingerprint density at radius 1 is 1.35 bits per heavy atom. The van der Waals surface area contributed by atoms with Gasteiger partial charge in [0.25, 0.3) is 0 Å². The van der Waals surface area contributed by atoms with Gasteiger partial charge in [-0.3, -0.25) is 0 Å². The molecule has 0 aromatic heterocycles. The van der Waals surface area contributed by atoms with Crippen LogP contribution in [0.2, 0.25) is 0 Å². The van der Waals surface area contributed by atoms with E-state index in [-0.39, 0.29) is 4.75 Å². The first-order chi connectivity index (χ1) is 8.17. The van der Waals surface area contributed by atoms with Gasteiger partial charge in [0.15, 0.2) is 0 Å². The molecule has 0 amide bonds. The average Bonchev–Trinajstić information content (AvgIpc) is 2.29. The highest BCUT2D eigenvalue weighted by molar-refractivity contribution is 8.01. The van der Waals surface area contributed by atoms with Crippen LogP contribution in [0.4, 0.5) is 0 Å².